The molecule has 16 heavy (non-hydrogen) atoms. The summed E-state index contributed by atoms with van der Waals surface area (Å²) in [7, 11) is 1.68. The normalized spacial score (nSPS) is 10.4. The molecule has 3 heteroatoms. The van der Waals surface area contributed by atoms with Gasteiger partial charge in [0, 0.05) is 29.9 Å². The van der Waals surface area contributed by atoms with Crippen molar-refractivity contribution in [2.45, 2.75) is 6.92 Å². The zero-order chi connectivity index (χ0) is 11.7. The zero-order valence-electron chi connectivity index (χ0n) is 9.20. The Morgan fingerprint density at radius 3 is 2.44 bits per heavy atom. The van der Waals surface area contributed by atoms with Crippen molar-refractivity contribution in [3.05, 3.63) is 58.3 Å². The van der Waals surface area contributed by atoms with Gasteiger partial charge in [-0.3, -0.25) is 4.79 Å². The zero-order valence-corrected chi connectivity index (χ0v) is 9.20. The molecule has 1 aromatic carbocycles. The summed E-state index contributed by atoms with van der Waals surface area (Å²) in [5.74, 6) is -0.274. The van der Waals surface area contributed by atoms with E-state index in [1.807, 2.05) is 6.92 Å². The Hall–Kier alpha value is -1.90. The van der Waals surface area contributed by atoms with Crippen molar-refractivity contribution in [1.29, 1.82) is 0 Å². The van der Waals surface area contributed by atoms with Crippen LogP contribution in [-0.4, -0.2) is 4.57 Å². The molecule has 82 valence electrons. The Bertz CT molecular complexity index is 587. The highest BCUT2D eigenvalue weighted by molar-refractivity contribution is 5.66. The molecule has 0 bridgehead atoms. The number of aromatic nitrogens is 1. The maximum absolute atomic E-state index is 13.6. The van der Waals surface area contributed by atoms with E-state index >= 15 is 0 Å². The highest BCUT2D eigenvalue weighted by atomic mass is 19.1. The Morgan fingerprint density at radius 1 is 1.06 bits per heavy atom. The fourth-order valence-electron chi connectivity index (χ4n) is 1.70. The third-order valence-corrected chi connectivity index (χ3v) is 2.78. The second-order valence-corrected chi connectivity index (χ2v) is 3.71. The third-order valence-electron chi connectivity index (χ3n) is 2.78. The SMILES string of the molecule is Cc1c(-c2ccccc2F)ccc(=O)n1C. The lowest BCUT2D eigenvalue weighted by atomic mass is 10.0. The van der Waals surface area contributed by atoms with Crippen LogP contribution in [0.5, 0.6) is 0 Å². The minimum absolute atomic E-state index is 0.0856. The summed E-state index contributed by atoms with van der Waals surface area (Å²) in [6.07, 6.45) is 0. The fraction of sp³-hybridized carbons (Fsp3) is 0.154. The van der Waals surface area contributed by atoms with Crippen molar-refractivity contribution in [1.82, 2.24) is 4.57 Å². The van der Waals surface area contributed by atoms with Gasteiger partial charge in [0.15, 0.2) is 0 Å². The summed E-state index contributed by atoms with van der Waals surface area (Å²) in [4.78, 5) is 11.4. The Morgan fingerprint density at radius 2 is 1.75 bits per heavy atom. The molecule has 1 heterocycles. The molecule has 0 N–H and O–H groups in total. The minimum Gasteiger partial charge on any atom is -0.315 e. The van der Waals surface area contributed by atoms with Crippen molar-refractivity contribution in [3.8, 4) is 11.1 Å². The van der Waals surface area contributed by atoms with Gasteiger partial charge in [0.2, 0.25) is 5.56 Å². The Kier molecular flexibility index (Phi) is 2.60. The molecule has 0 saturated heterocycles. The largest absolute Gasteiger partial charge is 0.315 e. The molecule has 0 amide bonds. The first-order valence-electron chi connectivity index (χ1n) is 5.03. The van der Waals surface area contributed by atoms with E-state index in [0.29, 0.717) is 5.56 Å². The predicted molar refractivity (Wildman–Crippen MR) is 61.8 cm³/mol. The predicted octanol–water partition coefficient (Wildman–Crippen LogP) is 2.50. The van der Waals surface area contributed by atoms with E-state index in [4.69, 9.17) is 0 Å². The smallest absolute Gasteiger partial charge is 0.250 e. The number of hydrogen-bond acceptors (Lipinski definition) is 1. The van der Waals surface area contributed by atoms with Crippen molar-refractivity contribution in [2.75, 3.05) is 0 Å². The maximum Gasteiger partial charge on any atom is 0.250 e. The third kappa shape index (κ3) is 1.65. The van der Waals surface area contributed by atoms with E-state index in [9.17, 15) is 9.18 Å². The molecule has 0 fully saturated rings. The molecular formula is C13H12FNO. The second-order valence-electron chi connectivity index (χ2n) is 3.71. The van der Waals surface area contributed by atoms with Crippen LogP contribution in [0.4, 0.5) is 4.39 Å². The van der Waals surface area contributed by atoms with Crippen molar-refractivity contribution in [3.63, 3.8) is 0 Å². The van der Waals surface area contributed by atoms with Crippen LogP contribution in [0, 0.1) is 12.7 Å². The molecule has 0 atom stereocenters. The summed E-state index contributed by atoms with van der Waals surface area (Å²) in [5.41, 5.74) is 1.95. The van der Waals surface area contributed by atoms with Gasteiger partial charge in [0.05, 0.1) is 0 Å². The first kappa shape index (κ1) is 10.6. The molecule has 0 unspecified atom stereocenters. The highest BCUT2D eigenvalue weighted by Crippen LogP contribution is 2.24. The molecule has 0 radical (unpaired) electrons. The van der Waals surface area contributed by atoms with Crippen molar-refractivity contribution in [2.24, 2.45) is 7.05 Å². The van der Waals surface area contributed by atoms with E-state index < -0.39 is 0 Å². The molecule has 0 spiro atoms. The van der Waals surface area contributed by atoms with Crippen LogP contribution in [0.2, 0.25) is 0 Å². The van der Waals surface area contributed by atoms with Crippen LogP contribution in [0.1, 0.15) is 5.69 Å². The molecule has 0 aliphatic rings. The number of pyridine rings is 1. The van der Waals surface area contributed by atoms with E-state index in [2.05, 4.69) is 0 Å². The molecule has 2 aromatic rings. The summed E-state index contributed by atoms with van der Waals surface area (Å²) < 4.78 is 15.1. The Labute approximate surface area is 93.0 Å². The Balaban J connectivity index is 2.71. The van der Waals surface area contributed by atoms with Crippen LogP contribution in [-0.2, 0) is 7.05 Å². The molecule has 0 saturated carbocycles. The fourth-order valence-corrected chi connectivity index (χ4v) is 1.70. The monoisotopic (exact) mass is 217 g/mol. The van der Waals surface area contributed by atoms with Gasteiger partial charge < -0.3 is 4.57 Å². The quantitative estimate of drug-likeness (QED) is 0.719. The summed E-state index contributed by atoms with van der Waals surface area (Å²) in [6.45, 7) is 1.81. The average Bonchev–Trinajstić information content (AvgIpc) is 2.28. The van der Waals surface area contributed by atoms with Crippen molar-refractivity contribution < 1.29 is 4.39 Å². The maximum atomic E-state index is 13.6. The van der Waals surface area contributed by atoms with Gasteiger partial charge in [0.1, 0.15) is 5.82 Å². The van der Waals surface area contributed by atoms with E-state index in [1.165, 1.54) is 16.7 Å². The van der Waals surface area contributed by atoms with E-state index in [1.54, 1.807) is 31.3 Å². The molecule has 1 aromatic heterocycles. The average molecular weight is 217 g/mol. The van der Waals surface area contributed by atoms with E-state index in [-0.39, 0.29) is 11.4 Å². The minimum atomic E-state index is -0.274. The van der Waals surface area contributed by atoms with Crippen LogP contribution < -0.4 is 5.56 Å². The number of hydrogen-bond donors (Lipinski definition) is 0. The lowest BCUT2D eigenvalue weighted by Gasteiger charge is -2.10. The van der Waals surface area contributed by atoms with Crippen LogP contribution in [0.25, 0.3) is 11.1 Å². The number of halogens is 1. The van der Waals surface area contributed by atoms with Crippen molar-refractivity contribution >= 4 is 0 Å². The summed E-state index contributed by atoms with van der Waals surface area (Å²) >= 11 is 0. The molecule has 0 aliphatic heterocycles. The van der Waals surface area contributed by atoms with Crippen LogP contribution in [0.3, 0.4) is 0 Å². The lowest BCUT2D eigenvalue weighted by Crippen LogP contribution is -2.18. The first-order chi connectivity index (χ1) is 7.61. The molecule has 0 aliphatic carbocycles. The van der Waals surface area contributed by atoms with Gasteiger partial charge in [-0.25, -0.2) is 4.39 Å². The molecule has 2 rings (SSSR count). The number of benzene rings is 1. The highest BCUT2D eigenvalue weighted by Gasteiger charge is 2.08. The summed E-state index contributed by atoms with van der Waals surface area (Å²) in [6, 6.07) is 9.67. The van der Waals surface area contributed by atoms with Gasteiger partial charge in [-0.15, -0.1) is 0 Å². The van der Waals surface area contributed by atoms with Gasteiger partial charge in [-0.05, 0) is 19.1 Å². The van der Waals surface area contributed by atoms with Gasteiger partial charge in [0.25, 0.3) is 0 Å². The standard InChI is InChI=1S/C13H12FNO/c1-9-10(7-8-13(16)15(9)2)11-5-3-4-6-12(11)14/h3-8H,1-2H3. The van der Waals surface area contributed by atoms with Crippen LogP contribution >= 0.6 is 0 Å². The molecule has 2 nitrogen and oxygen atoms in total. The first-order valence-corrected chi connectivity index (χ1v) is 5.03. The number of nitrogens with zero attached hydrogens (tertiary/aromatic N) is 1. The molecular weight excluding hydrogens is 205 g/mol. The van der Waals surface area contributed by atoms with Gasteiger partial charge in [-0.1, -0.05) is 18.2 Å². The van der Waals surface area contributed by atoms with E-state index in [0.717, 1.165) is 11.3 Å². The van der Waals surface area contributed by atoms with Gasteiger partial charge >= 0.3 is 0 Å². The second kappa shape index (κ2) is 3.93. The lowest BCUT2D eigenvalue weighted by molar-refractivity contribution is 0.630. The van der Waals surface area contributed by atoms with Crippen LogP contribution in [0.15, 0.2) is 41.2 Å². The van der Waals surface area contributed by atoms with Gasteiger partial charge in [-0.2, -0.15) is 0 Å². The summed E-state index contributed by atoms with van der Waals surface area (Å²) in [5, 5.41) is 0. The number of rotatable bonds is 1. The topological polar surface area (TPSA) is 22.0 Å².